The molecule has 0 radical (unpaired) electrons. The minimum atomic E-state index is -0.288. The van der Waals surface area contributed by atoms with Gasteiger partial charge in [-0.2, -0.15) is 11.8 Å². The second-order valence-corrected chi connectivity index (χ2v) is 6.76. The van der Waals surface area contributed by atoms with Crippen LogP contribution in [-0.2, 0) is 6.61 Å². The molecular weight excluding hydrogens is 237 g/mol. The summed E-state index contributed by atoms with van der Waals surface area (Å²) in [5.74, 6) is 0.776. The van der Waals surface area contributed by atoms with Gasteiger partial charge in [0.05, 0.1) is 6.61 Å². The summed E-state index contributed by atoms with van der Waals surface area (Å²) < 4.78 is 13.3. The Morgan fingerprint density at radius 2 is 2.24 bits per heavy atom. The lowest BCUT2D eigenvalue weighted by atomic mass is 10.1. The van der Waals surface area contributed by atoms with E-state index < -0.39 is 0 Å². The maximum absolute atomic E-state index is 13.1. The van der Waals surface area contributed by atoms with Crippen LogP contribution >= 0.6 is 11.8 Å². The Labute approximate surface area is 106 Å². The number of anilines is 1. The molecule has 17 heavy (non-hydrogen) atoms. The summed E-state index contributed by atoms with van der Waals surface area (Å²) in [6, 6.07) is 4.65. The van der Waals surface area contributed by atoms with E-state index in [9.17, 15) is 9.50 Å². The molecule has 4 heteroatoms. The molecule has 0 bridgehead atoms. The first kappa shape index (κ1) is 12.7. The number of hydrogen-bond acceptors (Lipinski definition) is 3. The van der Waals surface area contributed by atoms with Crippen molar-refractivity contribution in [3.05, 3.63) is 29.6 Å². The van der Waals surface area contributed by atoms with E-state index in [-0.39, 0.29) is 17.2 Å². The minimum Gasteiger partial charge on any atom is -0.392 e. The standard InChI is InChI=1S/C13H18FNOS/c1-13(2)9-15(5-6-17-13)12-4-3-11(14)7-10(12)8-16/h3-4,7,16H,5-6,8-9H2,1-2H3. The molecule has 0 amide bonds. The number of aliphatic hydroxyl groups excluding tert-OH is 1. The molecule has 0 saturated carbocycles. The van der Waals surface area contributed by atoms with E-state index >= 15 is 0 Å². The third-order valence-electron chi connectivity index (χ3n) is 2.98. The number of aliphatic hydroxyl groups is 1. The van der Waals surface area contributed by atoms with Crippen molar-refractivity contribution in [3.8, 4) is 0 Å². The van der Waals surface area contributed by atoms with Gasteiger partial charge in [0.1, 0.15) is 5.82 Å². The second kappa shape index (κ2) is 4.86. The molecule has 0 atom stereocenters. The minimum absolute atomic E-state index is 0.114. The van der Waals surface area contributed by atoms with Crippen LogP contribution in [0.15, 0.2) is 18.2 Å². The van der Waals surface area contributed by atoms with Crippen molar-refractivity contribution >= 4 is 17.4 Å². The molecule has 2 rings (SSSR count). The number of halogens is 1. The van der Waals surface area contributed by atoms with E-state index in [1.54, 1.807) is 6.07 Å². The maximum Gasteiger partial charge on any atom is 0.123 e. The monoisotopic (exact) mass is 255 g/mol. The molecule has 1 fully saturated rings. The second-order valence-electron chi connectivity index (χ2n) is 4.96. The highest BCUT2D eigenvalue weighted by molar-refractivity contribution is 8.00. The van der Waals surface area contributed by atoms with Gasteiger partial charge in [0, 0.05) is 34.8 Å². The van der Waals surface area contributed by atoms with Crippen LogP contribution in [0.5, 0.6) is 0 Å². The summed E-state index contributed by atoms with van der Waals surface area (Å²) in [6.45, 7) is 6.19. The lowest BCUT2D eigenvalue weighted by molar-refractivity contribution is 0.281. The van der Waals surface area contributed by atoms with E-state index in [1.807, 2.05) is 11.8 Å². The highest BCUT2D eigenvalue weighted by Crippen LogP contribution is 2.33. The van der Waals surface area contributed by atoms with Gasteiger partial charge in [-0.3, -0.25) is 0 Å². The fraction of sp³-hybridized carbons (Fsp3) is 0.538. The van der Waals surface area contributed by atoms with Crippen LogP contribution in [0.3, 0.4) is 0 Å². The van der Waals surface area contributed by atoms with Crippen LogP contribution in [0.25, 0.3) is 0 Å². The lowest BCUT2D eigenvalue weighted by Gasteiger charge is -2.39. The molecule has 1 heterocycles. The molecule has 1 N–H and O–H groups in total. The Hall–Kier alpha value is -0.740. The van der Waals surface area contributed by atoms with Gasteiger partial charge in [-0.15, -0.1) is 0 Å². The molecular formula is C13H18FNOS. The Morgan fingerprint density at radius 3 is 2.88 bits per heavy atom. The number of benzene rings is 1. The van der Waals surface area contributed by atoms with Gasteiger partial charge >= 0.3 is 0 Å². The first-order chi connectivity index (χ1) is 8.02. The molecule has 1 aliphatic rings. The van der Waals surface area contributed by atoms with Crippen LogP contribution in [0.1, 0.15) is 19.4 Å². The zero-order chi connectivity index (χ0) is 12.5. The van der Waals surface area contributed by atoms with Crippen LogP contribution in [-0.4, -0.2) is 28.7 Å². The highest BCUT2D eigenvalue weighted by atomic mass is 32.2. The topological polar surface area (TPSA) is 23.5 Å². The van der Waals surface area contributed by atoms with E-state index in [4.69, 9.17) is 0 Å². The summed E-state index contributed by atoms with van der Waals surface area (Å²) in [4.78, 5) is 2.24. The van der Waals surface area contributed by atoms with Gasteiger partial charge in [0.2, 0.25) is 0 Å². The zero-order valence-electron chi connectivity index (χ0n) is 10.2. The summed E-state index contributed by atoms with van der Waals surface area (Å²) in [6.07, 6.45) is 0. The molecule has 1 aliphatic heterocycles. The van der Waals surface area contributed by atoms with Crippen molar-refractivity contribution in [2.75, 3.05) is 23.7 Å². The number of thioether (sulfide) groups is 1. The van der Waals surface area contributed by atoms with E-state index in [2.05, 4.69) is 18.7 Å². The van der Waals surface area contributed by atoms with E-state index in [1.165, 1.54) is 12.1 Å². The first-order valence-corrected chi connectivity index (χ1v) is 6.78. The van der Waals surface area contributed by atoms with Crippen molar-refractivity contribution in [3.63, 3.8) is 0 Å². The number of rotatable bonds is 2. The number of nitrogens with zero attached hydrogens (tertiary/aromatic N) is 1. The largest absolute Gasteiger partial charge is 0.392 e. The lowest BCUT2D eigenvalue weighted by Crippen LogP contribution is -2.43. The third-order valence-corrected chi connectivity index (χ3v) is 4.28. The molecule has 94 valence electrons. The predicted molar refractivity (Wildman–Crippen MR) is 71.1 cm³/mol. The molecule has 1 aromatic rings. The highest BCUT2D eigenvalue weighted by Gasteiger charge is 2.28. The zero-order valence-corrected chi connectivity index (χ0v) is 11.1. The van der Waals surface area contributed by atoms with Crippen LogP contribution in [0.2, 0.25) is 0 Å². The Morgan fingerprint density at radius 1 is 1.47 bits per heavy atom. The smallest absolute Gasteiger partial charge is 0.123 e. The van der Waals surface area contributed by atoms with E-state index in [0.717, 1.165) is 24.5 Å². The first-order valence-electron chi connectivity index (χ1n) is 5.80. The van der Waals surface area contributed by atoms with Gasteiger partial charge in [-0.1, -0.05) is 0 Å². The SMILES string of the molecule is CC1(C)CN(c2ccc(F)cc2CO)CCS1. The molecule has 0 aliphatic carbocycles. The number of hydrogen-bond donors (Lipinski definition) is 1. The molecule has 0 aromatic heterocycles. The van der Waals surface area contributed by atoms with Gasteiger partial charge in [0.25, 0.3) is 0 Å². The van der Waals surface area contributed by atoms with Gasteiger partial charge in [-0.05, 0) is 32.0 Å². The van der Waals surface area contributed by atoms with Crippen molar-refractivity contribution in [1.82, 2.24) is 0 Å². The molecule has 0 unspecified atom stereocenters. The Bertz CT molecular complexity index is 408. The van der Waals surface area contributed by atoms with Crippen molar-refractivity contribution in [1.29, 1.82) is 0 Å². The molecule has 0 spiro atoms. The average Bonchev–Trinajstić information content (AvgIpc) is 2.27. The van der Waals surface area contributed by atoms with Crippen molar-refractivity contribution in [2.24, 2.45) is 0 Å². The third kappa shape index (κ3) is 2.93. The van der Waals surface area contributed by atoms with E-state index in [0.29, 0.717) is 5.56 Å². The molecule has 2 nitrogen and oxygen atoms in total. The molecule has 1 saturated heterocycles. The molecule has 1 aromatic carbocycles. The predicted octanol–water partition coefficient (Wildman–Crippen LogP) is 2.65. The Balaban J connectivity index is 2.27. The summed E-state index contributed by atoms with van der Waals surface area (Å²) in [5.41, 5.74) is 1.63. The van der Waals surface area contributed by atoms with Crippen LogP contribution in [0, 0.1) is 5.82 Å². The summed E-state index contributed by atoms with van der Waals surface area (Å²) >= 11 is 1.96. The maximum atomic E-state index is 13.1. The fourth-order valence-electron chi connectivity index (χ4n) is 2.21. The van der Waals surface area contributed by atoms with Gasteiger partial charge < -0.3 is 10.0 Å². The fourth-order valence-corrected chi connectivity index (χ4v) is 3.32. The summed E-state index contributed by atoms with van der Waals surface area (Å²) in [7, 11) is 0. The average molecular weight is 255 g/mol. The van der Waals surface area contributed by atoms with Crippen LogP contribution < -0.4 is 4.90 Å². The van der Waals surface area contributed by atoms with Crippen molar-refractivity contribution < 1.29 is 9.50 Å². The Kier molecular flexibility index (Phi) is 3.64. The van der Waals surface area contributed by atoms with Gasteiger partial charge in [-0.25, -0.2) is 4.39 Å². The quantitative estimate of drug-likeness (QED) is 0.879. The summed E-state index contributed by atoms with van der Waals surface area (Å²) in [5, 5.41) is 9.31. The van der Waals surface area contributed by atoms with Crippen LogP contribution in [0.4, 0.5) is 10.1 Å². The van der Waals surface area contributed by atoms with Crippen molar-refractivity contribution in [2.45, 2.75) is 25.2 Å². The van der Waals surface area contributed by atoms with Gasteiger partial charge in [0.15, 0.2) is 0 Å². The normalized spacial score (nSPS) is 19.4.